The van der Waals surface area contributed by atoms with Gasteiger partial charge >= 0.3 is 0 Å². The molecule has 0 aromatic rings. The van der Waals surface area contributed by atoms with Crippen molar-refractivity contribution in [2.24, 2.45) is 5.92 Å². The van der Waals surface area contributed by atoms with E-state index in [1.165, 1.54) is 6.92 Å². The topological polar surface area (TPSA) is 78.4 Å². The van der Waals surface area contributed by atoms with E-state index in [0.717, 1.165) is 0 Å². The third-order valence-electron chi connectivity index (χ3n) is 3.70. The highest BCUT2D eigenvalue weighted by molar-refractivity contribution is 5.96. The molecular formula is C12H18N2O3. The molecular weight excluding hydrogens is 220 g/mol. The fourth-order valence-electron chi connectivity index (χ4n) is 2.43. The first kappa shape index (κ1) is 12.3. The highest BCUT2D eigenvalue weighted by Gasteiger charge is 2.58. The normalized spacial score (nSPS) is 39.8. The van der Waals surface area contributed by atoms with Crippen molar-refractivity contribution in [1.82, 2.24) is 10.6 Å². The van der Waals surface area contributed by atoms with E-state index in [2.05, 4.69) is 17.2 Å². The van der Waals surface area contributed by atoms with Crippen LogP contribution in [0.4, 0.5) is 0 Å². The molecule has 2 fully saturated rings. The summed E-state index contributed by atoms with van der Waals surface area (Å²) in [7, 11) is 0. The van der Waals surface area contributed by atoms with Gasteiger partial charge in [0.2, 0.25) is 5.91 Å². The Bertz CT molecular complexity index is 369. The Labute approximate surface area is 100 Å². The van der Waals surface area contributed by atoms with Crippen LogP contribution in [-0.2, 0) is 9.59 Å². The molecule has 0 aromatic heterocycles. The van der Waals surface area contributed by atoms with Gasteiger partial charge in [-0.3, -0.25) is 9.59 Å². The van der Waals surface area contributed by atoms with Crippen LogP contribution in [0.2, 0.25) is 0 Å². The van der Waals surface area contributed by atoms with Gasteiger partial charge in [-0.15, -0.1) is 6.58 Å². The van der Waals surface area contributed by atoms with Gasteiger partial charge in [-0.05, 0) is 19.8 Å². The molecule has 2 aliphatic rings. The van der Waals surface area contributed by atoms with Crippen LogP contribution in [0.25, 0.3) is 0 Å². The summed E-state index contributed by atoms with van der Waals surface area (Å²) in [5.74, 6) is -0.203. The molecule has 5 nitrogen and oxygen atoms in total. The number of amides is 1. The summed E-state index contributed by atoms with van der Waals surface area (Å²) < 4.78 is 0. The second-order valence-electron chi connectivity index (χ2n) is 4.91. The number of rotatable bonds is 4. The maximum atomic E-state index is 11.9. The third-order valence-corrected chi connectivity index (χ3v) is 3.70. The van der Waals surface area contributed by atoms with Crippen LogP contribution in [0.1, 0.15) is 19.8 Å². The van der Waals surface area contributed by atoms with E-state index in [9.17, 15) is 14.7 Å². The molecule has 5 heteroatoms. The summed E-state index contributed by atoms with van der Waals surface area (Å²) in [5, 5.41) is 15.1. The molecule has 2 rings (SSSR count). The lowest BCUT2D eigenvalue weighted by atomic mass is 10.1. The second kappa shape index (κ2) is 4.23. The molecule has 0 bridgehead atoms. The molecule has 4 atom stereocenters. The van der Waals surface area contributed by atoms with Crippen molar-refractivity contribution in [2.75, 3.05) is 6.54 Å². The van der Waals surface area contributed by atoms with Crippen LogP contribution >= 0.6 is 0 Å². The van der Waals surface area contributed by atoms with Crippen molar-refractivity contribution in [2.45, 2.75) is 37.5 Å². The highest BCUT2D eigenvalue weighted by Crippen LogP contribution is 2.45. The lowest BCUT2D eigenvalue weighted by Gasteiger charge is -2.18. The van der Waals surface area contributed by atoms with E-state index in [0.29, 0.717) is 19.4 Å². The summed E-state index contributed by atoms with van der Waals surface area (Å²) in [6.45, 7) is 5.57. The summed E-state index contributed by atoms with van der Waals surface area (Å²) in [6.07, 6.45) is 2.26. The molecule has 17 heavy (non-hydrogen) atoms. The summed E-state index contributed by atoms with van der Waals surface area (Å²) in [5.41, 5.74) is -0.742. The maximum absolute atomic E-state index is 11.9. The molecule has 3 N–H and O–H groups in total. The second-order valence-corrected chi connectivity index (χ2v) is 4.91. The average Bonchev–Trinajstić information content (AvgIpc) is 2.82. The third kappa shape index (κ3) is 2.12. The first-order chi connectivity index (χ1) is 7.99. The summed E-state index contributed by atoms with van der Waals surface area (Å²) in [6, 6.07) is -0.396. The smallest absolute Gasteiger partial charge is 0.238 e. The molecule has 1 aliphatic carbocycles. The lowest BCUT2D eigenvalue weighted by Crippen LogP contribution is -2.50. The minimum Gasteiger partial charge on any atom is -0.392 e. The highest BCUT2D eigenvalue weighted by atomic mass is 16.3. The number of Topliss-reactive ketones (excluding diaryl/α,β-unsaturated/α-hetero) is 1. The van der Waals surface area contributed by atoms with E-state index < -0.39 is 17.7 Å². The van der Waals surface area contributed by atoms with Gasteiger partial charge in [0.05, 0.1) is 12.1 Å². The average molecular weight is 238 g/mol. The number of aliphatic hydroxyl groups is 1. The summed E-state index contributed by atoms with van der Waals surface area (Å²) in [4.78, 5) is 23.5. The zero-order valence-corrected chi connectivity index (χ0v) is 9.90. The van der Waals surface area contributed by atoms with Gasteiger partial charge < -0.3 is 15.7 Å². The van der Waals surface area contributed by atoms with Crippen LogP contribution in [-0.4, -0.2) is 41.0 Å². The Morgan fingerprint density at radius 2 is 2.29 bits per heavy atom. The zero-order chi connectivity index (χ0) is 12.6. The van der Waals surface area contributed by atoms with E-state index >= 15 is 0 Å². The number of carbonyl (C=O) groups is 2. The summed E-state index contributed by atoms with van der Waals surface area (Å²) >= 11 is 0. The Hall–Kier alpha value is -1.20. The minimum absolute atomic E-state index is 0.0331. The number of nitrogens with one attached hydrogen (secondary N) is 2. The van der Waals surface area contributed by atoms with Crippen LogP contribution < -0.4 is 10.6 Å². The molecule has 1 saturated heterocycles. The van der Waals surface area contributed by atoms with Crippen molar-refractivity contribution in [3.63, 3.8) is 0 Å². The Morgan fingerprint density at radius 3 is 2.71 bits per heavy atom. The molecule has 0 radical (unpaired) electrons. The van der Waals surface area contributed by atoms with Crippen molar-refractivity contribution < 1.29 is 14.7 Å². The van der Waals surface area contributed by atoms with Gasteiger partial charge in [0.1, 0.15) is 5.54 Å². The fourth-order valence-corrected chi connectivity index (χ4v) is 2.43. The van der Waals surface area contributed by atoms with E-state index in [1.807, 2.05) is 0 Å². The van der Waals surface area contributed by atoms with E-state index in [1.54, 1.807) is 6.08 Å². The number of hydrogen-bond acceptors (Lipinski definition) is 4. The van der Waals surface area contributed by atoms with Gasteiger partial charge in [-0.2, -0.15) is 0 Å². The quantitative estimate of drug-likeness (QED) is 0.569. The van der Waals surface area contributed by atoms with Gasteiger partial charge in [-0.1, -0.05) is 6.08 Å². The zero-order valence-electron chi connectivity index (χ0n) is 9.90. The number of aliphatic hydroxyl groups excluding tert-OH is 1. The number of carbonyl (C=O) groups excluding carboxylic acids is 2. The Morgan fingerprint density at radius 1 is 1.59 bits per heavy atom. The van der Waals surface area contributed by atoms with Crippen molar-refractivity contribution >= 4 is 11.7 Å². The monoisotopic (exact) mass is 238 g/mol. The van der Waals surface area contributed by atoms with Crippen molar-refractivity contribution in [3.05, 3.63) is 12.7 Å². The molecule has 0 unspecified atom stereocenters. The van der Waals surface area contributed by atoms with Gasteiger partial charge in [0.15, 0.2) is 5.78 Å². The Balaban J connectivity index is 1.98. The lowest BCUT2D eigenvalue weighted by molar-refractivity contribution is -0.129. The molecule has 1 aliphatic heterocycles. The molecule has 0 aromatic carbocycles. The largest absolute Gasteiger partial charge is 0.392 e. The van der Waals surface area contributed by atoms with Gasteiger partial charge in [0, 0.05) is 12.5 Å². The standard InChI is InChI=1S/C12H18N2O3/c1-3-8-5-12(8,7(2)15)14-11(17)10-4-9(16)6-13-10/h3,8-10,13,16H,1,4-6H2,2H3,(H,14,17)/t8-,9+,10+,12+/m1/s1. The molecule has 1 amide bonds. The SMILES string of the molecule is C=C[C@@H]1C[C@]1(NC(=O)[C@@H]1C[C@H](O)CN1)C(C)=O. The molecule has 94 valence electrons. The van der Waals surface area contributed by atoms with Crippen LogP contribution in [0.5, 0.6) is 0 Å². The first-order valence-corrected chi connectivity index (χ1v) is 5.86. The Kier molecular flexibility index (Phi) is 3.05. The predicted molar refractivity (Wildman–Crippen MR) is 62.3 cm³/mol. The van der Waals surface area contributed by atoms with Crippen molar-refractivity contribution in [1.29, 1.82) is 0 Å². The van der Waals surface area contributed by atoms with Crippen LogP contribution in [0.3, 0.4) is 0 Å². The molecule has 1 heterocycles. The molecule has 0 spiro atoms. The van der Waals surface area contributed by atoms with Gasteiger partial charge in [-0.25, -0.2) is 0 Å². The first-order valence-electron chi connectivity index (χ1n) is 5.86. The molecule has 1 saturated carbocycles. The predicted octanol–water partition coefficient (Wildman–Crippen LogP) is -0.641. The van der Waals surface area contributed by atoms with E-state index in [4.69, 9.17) is 0 Å². The van der Waals surface area contributed by atoms with E-state index in [-0.39, 0.29) is 17.6 Å². The maximum Gasteiger partial charge on any atom is 0.238 e. The van der Waals surface area contributed by atoms with Crippen molar-refractivity contribution in [3.8, 4) is 0 Å². The minimum atomic E-state index is -0.742. The van der Waals surface area contributed by atoms with Gasteiger partial charge in [0.25, 0.3) is 0 Å². The number of β-amino-alcohol motifs (C(OH)–C–C–N with tert-alkyl or cyclic N) is 1. The van der Waals surface area contributed by atoms with Crippen LogP contribution in [0.15, 0.2) is 12.7 Å². The van der Waals surface area contributed by atoms with Crippen LogP contribution in [0, 0.1) is 5.92 Å². The fraction of sp³-hybridized carbons (Fsp3) is 0.667. The number of hydrogen-bond donors (Lipinski definition) is 3. The number of ketones is 1.